The molecule has 1 saturated carbocycles. The van der Waals surface area contributed by atoms with Crippen molar-refractivity contribution in [2.75, 3.05) is 12.4 Å². The molecule has 0 saturated heterocycles. The van der Waals surface area contributed by atoms with Crippen molar-refractivity contribution in [3.05, 3.63) is 23.8 Å². The van der Waals surface area contributed by atoms with Crippen molar-refractivity contribution < 1.29 is 19.4 Å². The number of benzene rings is 1. The highest BCUT2D eigenvalue weighted by atomic mass is 16.5. The van der Waals surface area contributed by atoms with Crippen LogP contribution in [-0.2, 0) is 4.79 Å². The third-order valence-corrected chi connectivity index (χ3v) is 3.80. The summed E-state index contributed by atoms with van der Waals surface area (Å²) >= 11 is 0. The third kappa shape index (κ3) is 2.82. The number of hydrogen-bond donors (Lipinski definition) is 2. The van der Waals surface area contributed by atoms with Gasteiger partial charge in [-0.25, -0.2) is 4.79 Å². The molecular formula is C15H16N2O4. The number of nitrogens with one attached hydrogen (secondary N) is 1. The predicted molar refractivity (Wildman–Crippen MR) is 75.1 cm³/mol. The number of rotatable bonds is 4. The van der Waals surface area contributed by atoms with E-state index in [-0.39, 0.29) is 17.2 Å². The summed E-state index contributed by atoms with van der Waals surface area (Å²) in [5.41, 5.74) is -0.534. The van der Waals surface area contributed by atoms with Gasteiger partial charge in [0.15, 0.2) is 0 Å². The molecule has 21 heavy (non-hydrogen) atoms. The Morgan fingerprint density at radius 3 is 2.57 bits per heavy atom. The van der Waals surface area contributed by atoms with Gasteiger partial charge in [-0.15, -0.1) is 0 Å². The number of hydrogen-bond acceptors (Lipinski definition) is 4. The predicted octanol–water partition coefficient (Wildman–Crippen LogP) is 2.42. The molecule has 1 aliphatic carbocycles. The first-order valence-corrected chi connectivity index (χ1v) is 6.66. The van der Waals surface area contributed by atoms with Crippen LogP contribution < -0.4 is 10.1 Å². The summed E-state index contributed by atoms with van der Waals surface area (Å²) < 4.78 is 5.01. The lowest BCUT2D eigenvalue weighted by molar-refractivity contribution is -0.122. The topological polar surface area (TPSA) is 99.4 Å². The Balaban J connectivity index is 2.22. The molecule has 0 heterocycles. The van der Waals surface area contributed by atoms with Gasteiger partial charge in [0.05, 0.1) is 13.2 Å². The molecule has 1 fully saturated rings. The Kier molecular flexibility index (Phi) is 4.13. The zero-order chi connectivity index (χ0) is 15.5. The van der Waals surface area contributed by atoms with Crippen molar-refractivity contribution >= 4 is 17.6 Å². The molecule has 1 aromatic carbocycles. The van der Waals surface area contributed by atoms with Crippen molar-refractivity contribution in [3.63, 3.8) is 0 Å². The van der Waals surface area contributed by atoms with Crippen molar-refractivity contribution in [2.24, 2.45) is 5.41 Å². The summed E-state index contributed by atoms with van der Waals surface area (Å²) in [6, 6.07) is 6.42. The average Bonchev–Trinajstić information content (AvgIpc) is 2.97. The van der Waals surface area contributed by atoms with E-state index >= 15 is 0 Å². The van der Waals surface area contributed by atoms with E-state index in [2.05, 4.69) is 11.4 Å². The Morgan fingerprint density at radius 1 is 1.38 bits per heavy atom. The molecular weight excluding hydrogens is 272 g/mol. The zero-order valence-corrected chi connectivity index (χ0v) is 11.7. The molecule has 0 aliphatic heterocycles. The summed E-state index contributed by atoms with van der Waals surface area (Å²) in [4.78, 5) is 23.3. The second-order valence-corrected chi connectivity index (χ2v) is 5.08. The summed E-state index contributed by atoms with van der Waals surface area (Å²) in [5.74, 6) is -1.28. The van der Waals surface area contributed by atoms with Crippen LogP contribution in [0, 0.1) is 16.7 Å². The average molecular weight is 288 g/mol. The minimum absolute atomic E-state index is 0.0198. The number of carboxylic acid groups (broad SMARTS) is 1. The minimum Gasteiger partial charge on any atom is -0.496 e. The first-order chi connectivity index (χ1) is 10.0. The number of carbonyl (C=O) groups excluding carboxylic acids is 1. The van der Waals surface area contributed by atoms with Gasteiger partial charge in [-0.3, -0.25) is 4.79 Å². The number of nitrogens with zero attached hydrogens (tertiary/aromatic N) is 1. The number of anilines is 1. The SMILES string of the molecule is COc1cc(NC(=O)C2(C#N)CCCC2)ccc1C(=O)O. The Bertz CT molecular complexity index is 613. The van der Waals surface area contributed by atoms with Crippen LogP contribution >= 0.6 is 0 Å². The maximum absolute atomic E-state index is 12.3. The van der Waals surface area contributed by atoms with E-state index in [0.29, 0.717) is 18.5 Å². The normalized spacial score (nSPS) is 16.0. The van der Waals surface area contributed by atoms with E-state index in [1.54, 1.807) is 0 Å². The number of aromatic carboxylic acids is 1. The molecule has 6 heteroatoms. The number of ether oxygens (including phenoxy) is 1. The second kappa shape index (κ2) is 5.83. The molecule has 2 N–H and O–H groups in total. The van der Waals surface area contributed by atoms with Gasteiger partial charge >= 0.3 is 5.97 Å². The quantitative estimate of drug-likeness (QED) is 0.886. The molecule has 0 unspecified atom stereocenters. The summed E-state index contributed by atoms with van der Waals surface area (Å²) in [7, 11) is 1.36. The largest absolute Gasteiger partial charge is 0.496 e. The van der Waals surface area contributed by atoms with Gasteiger partial charge in [-0.05, 0) is 25.0 Å². The van der Waals surface area contributed by atoms with E-state index in [0.717, 1.165) is 12.8 Å². The van der Waals surface area contributed by atoms with Crippen molar-refractivity contribution in [2.45, 2.75) is 25.7 Å². The minimum atomic E-state index is -1.10. The Labute approximate surface area is 122 Å². The standard InChI is InChI=1S/C15H16N2O4/c1-21-12-8-10(4-5-11(12)13(18)19)17-14(20)15(9-16)6-2-3-7-15/h4-5,8H,2-3,6-7H2,1H3,(H,17,20)(H,18,19). The van der Waals surface area contributed by atoms with Crippen LogP contribution in [0.1, 0.15) is 36.0 Å². The van der Waals surface area contributed by atoms with Crippen molar-refractivity contribution in [3.8, 4) is 11.8 Å². The van der Waals surface area contributed by atoms with Crippen molar-refractivity contribution in [1.29, 1.82) is 5.26 Å². The lowest BCUT2D eigenvalue weighted by Gasteiger charge is -2.19. The van der Waals surface area contributed by atoms with Crippen LogP contribution in [-0.4, -0.2) is 24.1 Å². The van der Waals surface area contributed by atoms with Gasteiger partial charge in [-0.2, -0.15) is 5.26 Å². The second-order valence-electron chi connectivity index (χ2n) is 5.08. The van der Waals surface area contributed by atoms with Gasteiger partial charge in [0.2, 0.25) is 5.91 Å². The van der Waals surface area contributed by atoms with Crippen LogP contribution in [0.25, 0.3) is 0 Å². The first kappa shape index (κ1) is 14.9. The van der Waals surface area contributed by atoms with Crippen LogP contribution in [0.15, 0.2) is 18.2 Å². The zero-order valence-electron chi connectivity index (χ0n) is 11.7. The summed E-state index contributed by atoms with van der Waals surface area (Å²) in [6.45, 7) is 0. The Hall–Kier alpha value is -2.55. The van der Waals surface area contributed by atoms with Crippen molar-refractivity contribution in [1.82, 2.24) is 0 Å². The number of methoxy groups -OCH3 is 1. The van der Waals surface area contributed by atoms with E-state index < -0.39 is 11.4 Å². The summed E-state index contributed by atoms with van der Waals surface area (Å²) in [6.07, 6.45) is 2.84. The fraction of sp³-hybridized carbons (Fsp3) is 0.400. The molecule has 6 nitrogen and oxygen atoms in total. The molecule has 1 amide bonds. The molecule has 1 aliphatic rings. The molecule has 0 radical (unpaired) electrons. The van der Waals surface area contributed by atoms with E-state index in [1.807, 2.05) is 0 Å². The smallest absolute Gasteiger partial charge is 0.339 e. The maximum atomic E-state index is 12.3. The van der Waals surface area contributed by atoms with E-state index in [1.165, 1.54) is 25.3 Å². The van der Waals surface area contributed by atoms with Crippen LogP contribution in [0.4, 0.5) is 5.69 Å². The number of carboxylic acids is 1. The third-order valence-electron chi connectivity index (χ3n) is 3.80. The highest BCUT2D eigenvalue weighted by Gasteiger charge is 2.41. The number of amides is 1. The highest BCUT2D eigenvalue weighted by Crippen LogP contribution is 2.38. The molecule has 0 atom stereocenters. The lowest BCUT2D eigenvalue weighted by atomic mass is 9.87. The first-order valence-electron chi connectivity index (χ1n) is 6.66. The fourth-order valence-corrected chi connectivity index (χ4v) is 2.56. The van der Waals surface area contributed by atoms with Crippen LogP contribution in [0.5, 0.6) is 5.75 Å². The molecule has 0 aromatic heterocycles. The molecule has 2 rings (SSSR count). The van der Waals surface area contributed by atoms with Gasteiger partial charge in [0, 0.05) is 11.8 Å². The molecule has 1 aromatic rings. The fourth-order valence-electron chi connectivity index (χ4n) is 2.56. The lowest BCUT2D eigenvalue weighted by Crippen LogP contribution is -2.32. The van der Waals surface area contributed by atoms with E-state index in [9.17, 15) is 14.9 Å². The maximum Gasteiger partial charge on any atom is 0.339 e. The van der Waals surface area contributed by atoms with Crippen LogP contribution in [0.2, 0.25) is 0 Å². The van der Waals surface area contributed by atoms with E-state index in [4.69, 9.17) is 9.84 Å². The Morgan fingerprint density at radius 2 is 2.05 bits per heavy atom. The van der Waals surface area contributed by atoms with Gasteiger partial charge in [0.25, 0.3) is 0 Å². The van der Waals surface area contributed by atoms with Gasteiger partial charge in [0.1, 0.15) is 16.7 Å². The van der Waals surface area contributed by atoms with Gasteiger partial charge < -0.3 is 15.2 Å². The number of carbonyl (C=O) groups is 2. The molecule has 110 valence electrons. The molecule has 0 spiro atoms. The molecule has 0 bridgehead atoms. The van der Waals surface area contributed by atoms with Crippen LogP contribution in [0.3, 0.4) is 0 Å². The number of nitriles is 1. The monoisotopic (exact) mass is 288 g/mol. The highest BCUT2D eigenvalue weighted by molar-refractivity contribution is 5.98. The van der Waals surface area contributed by atoms with Gasteiger partial charge in [-0.1, -0.05) is 12.8 Å². The summed E-state index contributed by atoms with van der Waals surface area (Å²) in [5, 5.41) is 21.0.